The first-order chi connectivity index (χ1) is 12.1. The molecular weight excluding hydrogens is 343 g/mol. The van der Waals surface area contributed by atoms with Gasteiger partial charge in [0.05, 0.1) is 10.9 Å². The van der Waals surface area contributed by atoms with Crippen molar-refractivity contribution in [1.82, 2.24) is 5.32 Å². The Labute approximate surface area is 149 Å². The molecule has 2 rings (SSSR count). The molecule has 136 valence electrons. The first-order valence-corrected chi connectivity index (χ1v) is 9.19. The average Bonchev–Trinajstić information content (AvgIpc) is 2.62. The van der Waals surface area contributed by atoms with Gasteiger partial charge in [-0.05, 0) is 42.3 Å². The number of hydrogen-bond donors (Lipinski definition) is 3. The monoisotopic (exact) mass is 366 g/mol. The summed E-state index contributed by atoms with van der Waals surface area (Å²) >= 11 is 0. The summed E-state index contributed by atoms with van der Waals surface area (Å²) in [5.74, 6) is -0.571. The zero-order valence-electron chi connectivity index (χ0n) is 14.3. The van der Waals surface area contributed by atoms with Gasteiger partial charge in [0.2, 0.25) is 0 Å². The van der Waals surface area contributed by atoms with Crippen molar-refractivity contribution in [3.63, 3.8) is 0 Å². The minimum atomic E-state index is -2.92. The van der Waals surface area contributed by atoms with E-state index < -0.39 is 16.5 Å². The Morgan fingerprint density at radius 3 is 2.60 bits per heavy atom. The van der Waals surface area contributed by atoms with Crippen LogP contribution in [0.4, 0.5) is 10.1 Å². The van der Waals surface area contributed by atoms with Crippen LogP contribution in [0.3, 0.4) is 0 Å². The Bertz CT molecular complexity index is 773. The fourth-order valence-electron chi connectivity index (χ4n) is 2.75. The number of hydrogen-bond acceptors (Lipinski definition) is 5. The summed E-state index contributed by atoms with van der Waals surface area (Å²) < 4.78 is 41.9. The van der Waals surface area contributed by atoms with Gasteiger partial charge in [-0.1, -0.05) is 24.3 Å². The number of nitrogens with one attached hydrogen (secondary N) is 2. The summed E-state index contributed by atoms with van der Waals surface area (Å²) in [6, 6.07) is 11.1. The Kier molecular flexibility index (Phi) is 7.36. The van der Waals surface area contributed by atoms with Crippen LogP contribution in [0.2, 0.25) is 0 Å². The highest BCUT2D eigenvalue weighted by Gasteiger charge is 2.21. The number of para-hydroxylation sites is 1. The lowest BCUT2D eigenvalue weighted by Crippen LogP contribution is -2.26. The van der Waals surface area contributed by atoms with Crippen molar-refractivity contribution in [2.24, 2.45) is 0 Å². The largest absolute Gasteiger partial charge is 0.388 e. The Hall–Kier alpha value is -1.96. The second-order valence-electron chi connectivity index (χ2n) is 5.53. The van der Waals surface area contributed by atoms with E-state index in [-0.39, 0.29) is 10.9 Å². The van der Waals surface area contributed by atoms with Crippen LogP contribution in [-0.4, -0.2) is 35.7 Å². The number of methoxy groups -OCH3 is 1. The highest BCUT2D eigenvalue weighted by Crippen LogP contribution is 2.31. The van der Waals surface area contributed by atoms with Crippen molar-refractivity contribution in [2.45, 2.75) is 17.4 Å². The van der Waals surface area contributed by atoms with E-state index in [0.29, 0.717) is 18.7 Å². The molecular formula is C18H23FN2O3S. The van der Waals surface area contributed by atoms with Gasteiger partial charge in [0.15, 0.2) is 10.7 Å². The van der Waals surface area contributed by atoms with Crippen LogP contribution in [0.25, 0.3) is 0 Å². The zero-order chi connectivity index (χ0) is 18.2. The van der Waals surface area contributed by atoms with Crippen LogP contribution >= 0.6 is 0 Å². The van der Waals surface area contributed by atoms with Gasteiger partial charge in [0.25, 0.3) is 0 Å². The lowest BCUT2D eigenvalue weighted by Gasteiger charge is -2.23. The molecule has 5 nitrogen and oxygen atoms in total. The Morgan fingerprint density at radius 1 is 1.16 bits per heavy atom. The van der Waals surface area contributed by atoms with E-state index >= 15 is 0 Å². The van der Waals surface area contributed by atoms with Crippen LogP contribution in [0.5, 0.6) is 0 Å². The molecule has 1 atom stereocenters. The van der Waals surface area contributed by atoms with Gasteiger partial charge in [-0.2, -0.15) is 0 Å². The third kappa shape index (κ3) is 5.01. The smallest absolute Gasteiger partial charge is 0.168 e. The van der Waals surface area contributed by atoms with E-state index in [1.54, 1.807) is 14.2 Å². The minimum absolute atomic E-state index is 0.00912. The van der Waals surface area contributed by atoms with Gasteiger partial charge in [-0.25, -0.2) is 12.8 Å². The van der Waals surface area contributed by atoms with Gasteiger partial charge in [-0.15, -0.1) is 0 Å². The van der Waals surface area contributed by atoms with Crippen molar-refractivity contribution < 1.29 is 17.5 Å². The molecule has 0 aliphatic carbocycles. The summed E-state index contributed by atoms with van der Waals surface area (Å²) in [5.41, 5.74) is 2.30. The second kappa shape index (κ2) is 9.50. The Morgan fingerprint density at radius 2 is 1.92 bits per heavy atom. The number of ether oxygens (including phenoxy) is 1. The topological polar surface area (TPSA) is 67.4 Å². The highest BCUT2D eigenvalue weighted by molar-refractivity contribution is 7.72. The molecule has 0 aromatic heterocycles. The van der Waals surface area contributed by atoms with E-state index in [4.69, 9.17) is 4.74 Å². The molecule has 0 aliphatic rings. The molecule has 2 N–H and O–H groups in total. The van der Waals surface area contributed by atoms with E-state index in [0.717, 1.165) is 23.7 Å². The van der Waals surface area contributed by atoms with Crippen molar-refractivity contribution in [2.75, 3.05) is 32.6 Å². The first-order valence-electron chi connectivity index (χ1n) is 8.01. The van der Waals surface area contributed by atoms with Gasteiger partial charge in [0, 0.05) is 26.5 Å². The van der Waals surface area contributed by atoms with Crippen LogP contribution in [0, 0.1) is 5.82 Å². The molecule has 0 fully saturated rings. The highest BCUT2D eigenvalue weighted by atomic mass is 32.2. The maximum absolute atomic E-state index is 13.6. The van der Waals surface area contributed by atoms with Crippen molar-refractivity contribution in [3.8, 4) is 0 Å². The van der Waals surface area contributed by atoms with Crippen molar-refractivity contribution >= 4 is 16.4 Å². The molecule has 0 spiro atoms. The van der Waals surface area contributed by atoms with Crippen LogP contribution in [0.1, 0.15) is 23.6 Å². The van der Waals surface area contributed by atoms with Crippen molar-refractivity contribution in [1.29, 1.82) is 0 Å². The van der Waals surface area contributed by atoms with E-state index in [1.807, 2.05) is 24.3 Å². The SMILES string of the molecule is CNc1ccccc1C(NCCCOC)c1ccc(F)cc1[SH](=O)=O. The predicted molar refractivity (Wildman–Crippen MR) is 97.3 cm³/mol. The molecule has 0 aliphatic heterocycles. The molecule has 2 aromatic carbocycles. The summed E-state index contributed by atoms with van der Waals surface area (Å²) in [6.45, 7) is 1.22. The standard InChI is InChI=1S/C18H23FN2O3S/c1-20-16-7-4-3-6-14(16)18(21-10-5-11-24-2)15-9-8-13(19)12-17(15)25(22)23/h3-4,6-9,12,18,20-21,25H,5,10-11H2,1-2H3. The van der Waals surface area contributed by atoms with E-state index in [2.05, 4.69) is 10.6 Å². The quantitative estimate of drug-likeness (QED) is 0.470. The lowest BCUT2D eigenvalue weighted by atomic mass is 9.96. The number of anilines is 1. The molecule has 0 saturated carbocycles. The molecule has 1 unspecified atom stereocenters. The van der Waals surface area contributed by atoms with Crippen molar-refractivity contribution in [3.05, 3.63) is 59.4 Å². The van der Waals surface area contributed by atoms with Crippen LogP contribution < -0.4 is 10.6 Å². The van der Waals surface area contributed by atoms with Crippen LogP contribution in [0.15, 0.2) is 47.4 Å². The number of benzene rings is 2. The fourth-order valence-corrected chi connectivity index (χ4v) is 3.39. The molecule has 0 heterocycles. The summed E-state index contributed by atoms with van der Waals surface area (Å²) in [7, 11) is 0.523. The van der Waals surface area contributed by atoms with Gasteiger partial charge in [-0.3, -0.25) is 0 Å². The third-order valence-electron chi connectivity index (χ3n) is 3.92. The summed E-state index contributed by atoms with van der Waals surface area (Å²) in [6.07, 6.45) is 0.773. The maximum atomic E-state index is 13.6. The fraction of sp³-hybridized carbons (Fsp3) is 0.333. The molecule has 0 bridgehead atoms. The molecule has 0 radical (unpaired) electrons. The third-order valence-corrected chi connectivity index (χ3v) is 4.70. The van der Waals surface area contributed by atoms with Crippen LogP contribution in [-0.2, 0) is 15.4 Å². The van der Waals surface area contributed by atoms with Gasteiger partial charge < -0.3 is 15.4 Å². The lowest BCUT2D eigenvalue weighted by molar-refractivity contribution is 0.193. The normalized spacial score (nSPS) is 12.3. The van der Waals surface area contributed by atoms with Gasteiger partial charge in [0.1, 0.15) is 5.82 Å². The van der Waals surface area contributed by atoms with E-state index in [1.165, 1.54) is 12.1 Å². The predicted octanol–water partition coefficient (Wildman–Crippen LogP) is 2.55. The number of halogens is 1. The first kappa shape index (κ1) is 19.4. The molecule has 0 saturated heterocycles. The maximum Gasteiger partial charge on any atom is 0.168 e. The number of rotatable bonds is 9. The number of thiol groups is 1. The molecule has 7 heteroatoms. The van der Waals surface area contributed by atoms with Gasteiger partial charge >= 0.3 is 0 Å². The second-order valence-corrected chi connectivity index (χ2v) is 6.53. The summed E-state index contributed by atoms with van der Waals surface area (Å²) in [4.78, 5) is -0.00912. The molecule has 2 aromatic rings. The average molecular weight is 366 g/mol. The molecule has 25 heavy (non-hydrogen) atoms. The zero-order valence-corrected chi connectivity index (χ0v) is 15.2. The molecule has 0 amide bonds. The minimum Gasteiger partial charge on any atom is -0.388 e. The Balaban J connectivity index is 2.48. The summed E-state index contributed by atoms with van der Waals surface area (Å²) in [5, 5.41) is 6.48. The van der Waals surface area contributed by atoms with E-state index in [9.17, 15) is 12.8 Å².